The van der Waals surface area contributed by atoms with E-state index in [0.717, 1.165) is 16.9 Å². The number of benzene rings is 1. The van der Waals surface area contributed by atoms with Crippen molar-refractivity contribution in [3.63, 3.8) is 0 Å². The van der Waals surface area contributed by atoms with Crippen LogP contribution in [0.1, 0.15) is 31.9 Å². The number of nitrogens with one attached hydrogen (secondary N) is 1. The Morgan fingerprint density at radius 1 is 1.30 bits per heavy atom. The van der Waals surface area contributed by atoms with Gasteiger partial charge in [0, 0.05) is 18.7 Å². The second kappa shape index (κ2) is 7.62. The molecule has 3 N–H and O–H groups in total. The molecule has 0 bridgehead atoms. The lowest BCUT2D eigenvalue weighted by molar-refractivity contribution is 0.0994. The Morgan fingerprint density at radius 3 is 2.60 bits per heavy atom. The summed E-state index contributed by atoms with van der Waals surface area (Å²) in [7, 11) is 0. The Balaban J connectivity index is 2.52. The molecule has 114 valence electrons. The van der Waals surface area contributed by atoms with Crippen LogP contribution in [0.3, 0.4) is 0 Å². The van der Waals surface area contributed by atoms with E-state index >= 15 is 0 Å². The molecule has 4 heteroatoms. The van der Waals surface area contributed by atoms with E-state index in [1.54, 1.807) is 0 Å². The van der Waals surface area contributed by atoms with Crippen molar-refractivity contribution in [1.29, 1.82) is 0 Å². The molecule has 1 aromatic rings. The van der Waals surface area contributed by atoms with Crippen LogP contribution in [0, 0.1) is 6.92 Å². The Hall–Kier alpha value is -1.10. The van der Waals surface area contributed by atoms with Crippen LogP contribution in [0.15, 0.2) is 18.2 Å². The van der Waals surface area contributed by atoms with Gasteiger partial charge in [0.05, 0.1) is 0 Å². The first kappa shape index (κ1) is 17.0. The molecule has 1 aromatic carbocycles. The van der Waals surface area contributed by atoms with E-state index in [9.17, 15) is 5.11 Å². The first-order valence-corrected chi connectivity index (χ1v) is 7.08. The molecule has 1 rings (SSSR count). The van der Waals surface area contributed by atoms with Gasteiger partial charge in [0.2, 0.25) is 0 Å². The molecule has 0 saturated carbocycles. The minimum absolute atomic E-state index is 0.0209. The lowest BCUT2D eigenvalue weighted by Crippen LogP contribution is -2.42. The van der Waals surface area contributed by atoms with E-state index in [2.05, 4.69) is 26.1 Å². The van der Waals surface area contributed by atoms with Crippen molar-refractivity contribution in [3.8, 4) is 5.75 Å². The maximum Gasteiger partial charge on any atom is 0.122 e. The van der Waals surface area contributed by atoms with Gasteiger partial charge < -0.3 is 20.3 Å². The van der Waals surface area contributed by atoms with Gasteiger partial charge in [-0.3, -0.25) is 0 Å². The predicted octanol–water partition coefficient (Wildman–Crippen LogP) is 1.66. The minimum atomic E-state index is -0.558. The van der Waals surface area contributed by atoms with Gasteiger partial charge in [0.25, 0.3) is 0 Å². The monoisotopic (exact) mass is 281 g/mol. The number of hydrogen-bond donors (Lipinski definition) is 3. The van der Waals surface area contributed by atoms with Gasteiger partial charge in [0.1, 0.15) is 18.5 Å². The zero-order chi connectivity index (χ0) is 15.2. The highest BCUT2D eigenvalue weighted by atomic mass is 16.5. The first-order valence-electron chi connectivity index (χ1n) is 7.08. The molecule has 0 aliphatic heterocycles. The van der Waals surface area contributed by atoms with Crippen molar-refractivity contribution in [1.82, 2.24) is 5.32 Å². The molecule has 0 spiro atoms. The summed E-state index contributed by atoms with van der Waals surface area (Å²) in [6.07, 6.45) is 0.00498. The third-order valence-electron chi connectivity index (χ3n) is 2.90. The Morgan fingerprint density at radius 2 is 2.00 bits per heavy atom. The molecule has 4 nitrogen and oxygen atoms in total. The van der Waals surface area contributed by atoms with E-state index in [1.807, 2.05) is 25.1 Å². The number of aliphatic hydroxyl groups is 2. The molecule has 0 saturated heterocycles. The first-order chi connectivity index (χ1) is 9.31. The van der Waals surface area contributed by atoms with Crippen molar-refractivity contribution in [2.24, 2.45) is 0 Å². The zero-order valence-electron chi connectivity index (χ0n) is 12.9. The van der Waals surface area contributed by atoms with Crippen LogP contribution >= 0.6 is 0 Å². The average molecular weight is 281 g/mol. The molecule has 0 amide bonds. The predicted molar refractivity (Wildman–Crippen MR) is 81.2 cm³/mol. The van der Waals surface area contributed by atoms with Gasteiger partial charge in [0.15, 0.2) is 0 Å². The molecule has 0 aliphatic carbocycles. The summed E-state index contributed by atoms with van der Waals surface area (Å²) in [5, 5.41) is 22.2. The van der Waals surface area contributed by atoms with Gasteiger partial charge in [-0.1, -0.05) is 17.7 Å². The van der Waals surface area contributed by atoms with Crippen LogP contribution in [0.4, 0.5) is 0 Å². The van der Waals surface area contributed by atoms with Crippen molar-refractivity contribution < 1.29 is 14.9 Å². The fraction of sp³-hybridized carbons (Fsp3) is 0.625. The van der Waals surface area contributed by atoms with Crippen LogP contribution in [-0.2, 0) is 6.42 Å². The lowest BCUT2D eigenvalue weighted by atomic mass is 10.1. The second-order valence-electron chi connectivity index (χ2n) is 6.18. The SMILES string of the molecule is Cc1ccc(OC[C@@H](O)CNC(C)(C)C)c(CCO)c1. The van der Waals surface area contributed by atoms with Crippen molar-refractivity contribution in [2.75, 3.05) is 19.8 Å². The number of ether oxygens (including phenoxy) is 1. The van der Waals surface area contributed by atoms with E-state index in [1.165, 1.54) is 0 Å². The van der Waals surface area contributed by atoms with E-state index in [4.69, 9.17) is 9.84 Å². The highest BCUT2D eigenvalue weighted by molar-refractivity contribution is 5.37. The number of aryl methyl sites for hydroxylation is 1. The molecule has 20 heavy (non-hydrogen) atoms. The molecule has 0 radical (unpaired) electrons. The summed E-state index contributed by atoms with van der Waals surface area (Å²) in [6, 6.07) is 5.87. The smallest absolute Gasteiger partial charge is 0.122 e. The van der Waals surface area contributed by atoms with E-state index in [0.29, 0.717) is 13.0 Å². The van der Waals surface area contributed by atoms with Crippen LogP contribution in [0.25, 0.3) is 0 Å². The lowest BCUT2D eigenvalue weighted by Gasteiger charge is -2.23. The third-order valence-corrected chi connectivity index (χ3v) is 2.90. The summed E-state index contributed by atoms with van der Waals surface area (Å²) < 4.78 is 5.67. The molecule has 0 heterocycles. The second-order valence-corrected chi connectivity index (χ2v) is 6.18. The molecular formula is C16H27NO3. The molecular weight excluding hydrogens is 254 g/mol. The van der Waals surface area contributed by atoms with Gasteiger partial charge in [-0.15, -0.1) is 0 Å². The molecule has 0 aliphatic rings. The van der Waals surface area contributed by atoms with E-state index in [-0.39, 0.29) is 18.8 Å². The normalized spacial score (nSPS) is 13.3. The topological polar surface area (TPSA) is 61.7 Å². The van der Waals surface area contributed by atoms with Gasteiger partial charge in [-0.05, 0) is 45.7 Å². The van der Waals surface area contributed by atoms with Gasteiger partial charge in [-0.25, -0.2) is 0 Å². The summed E-state index contributed by atoms with van der Waals surface area (Å²) in [5.74, 6) is 0.736. The van der Waals surface area contributed by atoms with E-state index < -0.39 is 6.10 Å². The molecule has 0 unspecified atom stereocenters. The number of rotatable bonds is 7. The molecule has 0 fully saturated rings. The fourth-order valence-corrected chi connectivity index (χ4v) is 1.83. The summed E-state index contributed by atoms with van der Waals surface area (Å²) in [4.78, 5) is 0. The summed E-state index contributed by atoms with van der Waals surface area (Å²) in [6.45, 7) is 9.00. The zero-order valence-corrected chi connectivity index (χ0v) is 12.9. The fourth-order valence-electron chi connectivity index (χ4n) is 1.83. The van der Waals surface area contributed by atoms with Crippen LogP contribution in [0.5, 0.6) is 5.75 Å². The maximum atomic E-state index is 9.91. The third kappa shape index (κ3) is 6.37. The Bertz CT molecular complexity index is 413. The van der Waals surface area contributed by atoms with Gasteiger partial charge >= 0.3 is 0 Å². The standard InChI is InChI=1S/C16H27NO3/c1-12-5-6-15(13(9-12)7-8-18)20-11-14(19)10-17-16(2,3)4/h5-6,9,14,17-19H,7-8,10-11H2,1-4H3/t14-/m0/s1. The summed E-state index contributed by atoms with van der Waals surface area (Å²) >= 11 is 0. The average Bonchev–Trinajstić information content (AvgIpc) is 2.35. The maximum absolute atomic E-state index is 9.91. The molecule has 0 aromatic heterocycles. The van der Waals surface area contributed by atoms with Crippen LogP contribution in [0.2, 0.25) is 0 Å². The highest BCUT2D eigenvalue weighted by Crippen LogP contribution is 2.20. The van der Waals surface area contributed by atoms with Crippen molar-refractivity contribution in [3.05, 3.63) is 29.3 Å². The number of β-amino-alcohol motifs (C(OH)–C–C–N with tert-alkyl or cyclic N) is 1. The number of aliphatic hydroxyl groups excluding tert-OH is 2. The van der Waals surface area contributed by atoms with Crippen molar-refractivity contribution >= 4 is 0 Å². The Labute approximate surface area is 121 Å². The van der Waals surface area contributed by atoms with Gasteiger partial charge in [-0.2, -0.15) is 0 Å². The quantitative estimate of drug-likeness (QED) is 0.711. The largest absolute Gasteiger partial charge is 0.491 e. The van der Waals surface area contributed by atoms with Crippen molar-refractivity contribution in [2.45, 2.75) is 45.8 Å². The van der Waals surface area contributed by atoms with Crippen LogP contribution < -0.4 is 10.1 Å². The van der Waals surface area contributed by atoms with Crippen LogP contribution in [-0.4, -0.2) is 41.6 Å². The summed E-state index contributed by atoms with van der Waals surface area (Å²) in [5.41, 5.74) is 2.09. The number of hydrogen-bond acceptors (Lipinski definition) is 4. The Kier molecular flexibility index (Phi) is 6.46. The molecule has 1 atom stereocenters. The highest BCUT2D eigenvalue weighted by Gasteiger charge is 2.13. The minimum Gasteiger partial charge on any atom is -0.491 e.